The molecule has 134 valence electrons. The highest BCUT2D eigenvalue weighted by Crippen LogP contribution is 2.14. The fourth-order valence-electron chi connectivity index (χ4n) is 2.32. The molecule has 0 bridgehead atoms. The molecule has 2 N–H and O–H groups in total. The molecular formula is C20H27N3O2. The van der Waals surface area contributed by atoms with Gasteiger partial charge in [0.05, 0.1) is 0 Å². The molecule has 0 spiro atoms. The van der Waals surface area contributed by atoms with E-state index in [1.807, 2.05) is 62.6 Å². The largest absolute Gasteiger partial charge is 0.492 e. The molecule has 5 heteroatoms. The summed E-state index contributed by atoms with van der Waals surface area (Å²) in [4.78, 5) is 14.1. The first-order valence-corrected chi connectivity index (χ1v) is 8.57. The van der Waals surface area contributed by atoms with E-state index in [4.69, 9.17) is 4.74 Å². The number of aryl methyl sites for hydroxylation is 1. The van der Waals surface area contributed by atoms with Gasteiger partial charge in [0.2, 0.25) is 0 Å². The Morgan fingerprint density at radius 3 is 2.60 bits per heavy atom. The first-order valence-electron chi connectivity index (χ1n) is 8.57. The summed E-state index contributed by atoms with van der Waals surface area (Å²) in [6.07, 6.45) is 0.942. The Kier molecular flexibility index (Phi) is 7.29. The van der Waals surface area contributed by atoms with Crippen molar-refractivity contribution < 1.29 is 9.53 Å². The lowest BCUT2D eigenvalue weighted by molar-refractivity contribution is 0.251. The van der Waals surface area contributed by atoms with E-state index in [0.29, 0.717) is 13.2 Å². The minimum Gasteiger partial charge on any atom is -0.492 e. The summed E-state index contributed by atoms with van der Waals surface area (Å²) in [5.41, 5.74) is 3.00. The van der Waals surface area contributed by atoms with Gasteiger partial charge in [-0.05, 0) is 55.9 Å². The molecule has 2 amide bonds. The second kappa shape index (κ2) is 9.69. The Balaban J connectivity index is 1.82. The Labute approximate surface area is 150 Å². The number of nitrogens with zero attached hydrogens (tertiary/aromatic N) is 1. The number of amides is 2. The predicted molar refractivity (Wildman–Crippen MR) is 102 cm³/mol. The lowest BCUT2D eigenvalue weighted by Gasteiger charge is -2.12. The molecule has 0 saturated heterocycles. The normalized spacial score (nSPS) is 10.6. The summed E-state index contributed by atoms with van der Waals surface area (Å²) in [5, 5.41) is 5.73. The smallest absolute Gasteiger partial charge is 0.319 e. The maximum atomic E-state index is 12.1. The Morgan fingerprint density at radius 1 is 1.08 bits per heavy atom. The third-order valence-electron chi connectivity index (χ3n) is 3.75. The molecule has 2 aromatic carbocycles. The molecule has 25 heavy (non-hydrogen) atoms. The van der Waals surface area contributed by atoms with Crippen molar-refractivity contribution in [1.82, 2.24) is 10.2 Å². The third kappa shape index (κ3) is 6.85. The van der Waals surface area contributed by atoms with Gasteiger partial charge in [-0.2, -0.15) is 0 Å². The average Bonchev–Trinajstić information content (AvgIpc) is 2.60. The highest BCUT2D eigenvalue weighted by molar-refractivity contribution is 5.89. The van der Waals surface area contributed by atoms with Gasteiger partial charge in [0.15, 0.2) is 0 Å². The van der Waals surface area contributed by atoms with Crippen LogP contribution in [0.5, 0.6) is 5.75 Å². The van der Waals surface area contributed by atoms with Crippen LogP contribution in [-0.4, -0.2) is 38.2 Å². The standard InChI is InChI=1S/C20H27N3O2/c1-4-16-7-5-9-18(13-16)22-20(24)21-15-17-8-6-10-19(14-17)25-12-11-23(2)3/h5-10,13-14H,4,11-12,15H2,1-3H3,(H2,21,22,24). The van der Waals surface area contributed by atoms with Crippen molar-refractivity contribution in [2.45, 2.75) is 19.9 Å². The van der Waals surface area contributed by atoms with Crippen LogP contribution in [0.25, 0.3) is 0 Å². The van der Waals surface area contributed by atoms with Gasteiger partial charge in [-0.15, -0.1) is 0 Å². The van der Waals surface area contributed by atoms with Crippen molar-refractivity contribution in [3.63, 3.8) is 0 Å². The Hall–Kier alpha value is -2.53. The summed E-state index contributed by atoms with van der Waals surface area (Å²) in [6.45, 7) is 4.04. The van der Waals surface area contributed by atoms with E-state index in [1.54, 1.807) is 0 Å². The number of hydrogen-bond acceptors (Lipinski definition) is 3. The second-order valence-corrected chi connectivity index (χ2v) is 6.16. The molecule has 0 atom stereocenters. The molecule has 0 aromatic heterocycles. The van der Waals surface area contributed by atoms with Crippen LogP contribution in [0.2, 0.25) is 0 Å². The van der Waals surface area contributed by atoms with Crippen LogP contribution >= 0.6 is 0 Å². The zero-order valence-electron chi connectivity index (χ0n) is 15.2. The van der Waals surface area contributed by atoms with Crippen molar-refractivity contribution in [3.05, 3.63) is 59.7 Å². The van der Waals surface area contributed by atoms with Crippen molar-refractivity contribution in [2.75, 3.05) is 32.6 Å². The predicted octanol–water partition coefficient (Wildman–Crippen LogP) is 3.51. The Morgan fingerprint density at radius 2 is 1.84 bits per heavy atom. The number of benzene rings is 2. The van der Waals surface area contributed by atoms with Crippen LogP contribution in [-0.2, 0) is 13.0 Å². The van der Waals surface area contributed by atoms with Crippen molar-refractivity contribution in [1.29, 1.82) is 0 Å². The number of anilines is 1. The van der Waals surface area contributed by atoms with Gasteiger partial charge >= 0.3 is 6.03 Å². The third-order valence-corrected chi connectivity index (χ3v) is 3.75. The average molecular weight is 341 g/mol. The van der Waals surface area contributed by atoms with Crippen LogP contribution in [0.15, 0.2) is 48.5 Å². The van der Waals surface area contributed by atoms with Gasteiger partial charge in [0.1, 0.15) is 12.4 Å². The quantitative estimate of drug-likeness (QED) is 0.772. The van der Waals surface area contributed by atoms with Crippen molar-refractivity contribution in [3.8, 4) is 5.75 Å². The molecule has 0 heterocycles. The minimum absolute atomic E-state index is 0.216. The Bertz CT molecular complexity index is 686. The molecule has 0 radical (unpaired) electrons. The summed E-state index contributed by atoms with van der Waals surface area (Å²) < 4.78 is 5.72. The van der Waals surface area contributed by atoms with E-state index in [9.17, 15) is 4.79 Å². The monoisotopic (exact) mass is 341 g/mol. The van der Waals surface area contributed by atoms with Crippen molar-refractivity contribution in [2.24, 2.45) is 0 Å². The number of ether oxygens (including phenoxy) is 1. The van der Waals surface area contributed by atoms with Gasteiger partial charge in [0.25, 0.3) is 0 Å². The number of likely N-dealkylation sites (N-methyl/N-ethyl adjacent to an activating group) is 1. The number of rotatable bonds is 8. The molecule has 5 nitrogen and oxygen atoms in total. The van der Waals surface area contributed by atoms with E-state index >= 15 is 0 Å². The van der Waals surface area contributed by atoms with Crippen LogP contribution < -0.4 is 15.4 Å². The zero-order chi connectivity index (χ0) is 18.1. The number of carbonyl (C=O) groups is 1. The van der Waals surface area contributed by atoms with Crippen LogP contribution in [0, 0.1) is 0 Å². The van der Waals surface area contributed by atoms with E-state index < -0.39 is 0 Å². The number of urea groups is 1. The van der Waals surface area contributed by atoms with Crippen LogP contribution in [0.3, 0.4) is 0 Å². The lowest BCUT2D eigenvalue weighted by Crippen LogP contribution is -2.28. The fourth-order valence-corrected chi connectivity index (χ4v) is 2.32. The minimum atomic E-state index is -0.216. The molecule has 0 aliphatic carbocycles. The van der Waals surface area contributed by atoms with E-state index in [-0.39, 0.29) is 6.03 Å². The number of hydrogen-bond donors (Lipinski definition) is 2. The zero-order valence-corrected chi connectivity index (χ0v) is 15.2. The topological polar surface area (TPSA) is 53.6 Å². The van der Waals surface area contributed by atoms with Crippen LogP contribution in [0.4, 0.5) is 10.5 Å². The van der Waals surface area contributed by atoms with Gasteiger partial charge in [-0.25, -0.2) is 4.79 Å². The molecule has 0 fully saturated rings. The lowest BCUT2D eigenvalue weighted by atomic mass is 10.1. The molecule has 2 aromatic rings. The summed E-state index contributed by atoms with van der Waals surface area (Å²) in [7, 11) is 4.02. The van der Waals surface area contributed by atoms with Crippen molar-refractivity contribution >= 4 is 11.7 Å². The van der Waals surface area contributed by atoms with Gasteiger partial charge in [0, 0.05) is 18.8 Å². The first kappa shape index (κ1) is 18.8. The molecule has 0 aliphatic heterocycles. The molecule has 0 unspecified atom stereocenters. The molecular weight excluding hydrogens is 314 g/mol. The molecule has 0 saturated carbocycles. The first-order chi connectivity index (χ1) is 12.1. The SMILES string of the molecule is CCc1cccc(NC(=O)NCc2cccc(OCCN(C)C)c2)c1. The van der Waals surface area contributed by atoms with Gasteiger partial charge in [-0.1, -0.05) is 31.2 Å². The number of nitrogens with one attached hydrogen (secondary N) is 2. The second-order valence-electron chi connectivity index (χ2n) is 6.16. The number of carbonyl (C=O) groups excluding carboxylic acids is 1. The van der Waals surface area contributed by atoms with E-state index in [0.717, 1.165) is 30.0 Å². The molecule has 2 rings (SSSR count). The van der Waals surface area contributed by atoms with Gasteiger partial charge < -0.3 is 20.3 Å². The maximum absolute atomic E-state index is 12.1. The summed E-state index contributed by atoms with van der Waals surface area (Å²) in [5.74, 6) is 0.817. The van der Waals surface area contributed by atoms with E-state index in [2.05, 4.69) is 22.5 Å². The summed E-state index contributed by atoms with van der Waals surface area (Å²) in [6, 6.07) is 15.4. The van der Waals surface area contributed by atoms with Crippen LogP contribution in [0.1, 0.15) is 18.1 Å². The fraction of sp³-hybridized carbons (Fsp3) is 0.350. The van der Waals surface area contributed by atoms with E-state index in [1.165, 1.54) is 5.56 Å². The highest BCUT2D eigenvalue weighted by atomic mass is 16.5. The maximum Gasteiger partial charge on any atom is 0.319 e. The summed E-state index contributed by atoms with van der Waals surface area (Å²) >= 11 is 0. The molecule has 0 aliphatic rings. The highest BCUT2D eigenvalue weighted by Gasteiger charge is 2.03. The van der Waals surface area contributed by atoms with Gasteiger partial charge in [-0.3, -0.25) is 0 Å².